The molecule has 3 aromatic heterocycles. The van der Waals surface area contributed by atoms with Crippen molar-refractivity contribution in [3.05, 3.63) is 84.1 Å². The van der Waals surface area contributed by atoms with Crippen molar-refractivity contribution in [1.29, 1.82) is 0 Å². The number of hydrogen-bond donors (Lipinski definition) is 1. The fourth-order valence-electron chi connectivity index (χ4n) is 2.95. The van der Waals surface area contributed by atoms with Crippen molar-refractivity contribution in [1.82, 2.24) is 20.2 Å². The molecule has 33 heavy (non-hydrogen) atoms. The summed E-state index contributed by atoms with van der Waals surface area (Å²) in [6.45, 7) is 1.88. The highest BCUT2D eigenvalue weighted by atomic mass is 19.4. The second-order valence-corrected chi connectivity index (χ2v) is 6.95. The van der Waals surface area contributed by atoms with Gasteiger partial charge in [0.1, 0.15) is 6.33 Å². The summed E-state index contributed by atoms with van der Waals surface area (Å²) < 4.78 is 44.8. The number of urea groups is 1. The molecule has 0 fully saturated rings. The van der Waals surface area contributed by atoms with Crippen molar-refractivity contribution in [3.63, 3.8) is 0 Å². The molecule has 4 aromatic rings. The van der Waals surface area contributed by atoms with Gasteiger partial charge in [-0.25, -0.2) is 9.97 Å². The van der Waals surface area contributed by atoms with Crippen LogP contribution in [0.3, 0.4) is 0 Å². The lowest BCUT2D eigenvalue weighted by molar-refractivity contribution is -0.774. The molecule has 168 valence electrons. The Bertz CT molecular complexity index is 1240. The Morgan fingerprint density at radius 1 is 1.06 bits per heavy atom. The summed E-state index contributed by atoms with van der Waals surface area (Å²) >= 11 is 0. The maximum absolute atomic E-state index is 12.8. The van der Waals surface area contributed by atoms with Crippen LogP contribution < -0.4 is 10.00 Å². The molecule has 4 rings (SSSR count). The monoisotopic (exact) mass is 455 g/mol. The van der Waals surface area contributed by atoms with Gasteiger partial charge in [-0.05, 0) is 22.0 Å². The van der Waals surface area contributed by atoms with Crippen LogP contribution in [0.1, 0.15) is 24.1 Å². The van der Waals surface area contributed by atoms with Gasteiger partial charge in [0.2, 0.25) is 18.1 Å². The summed E-state index contributed by atoms with van der Waals surface area (Å²) in [5.74, 6) is -0.114. The van der Waals surface area contributed by atoms with Gasteiger partial charge in [0, 0.05) is 42.8 Å². The average molecular weight is 455 g/mol. The first kappa shape index (κ1) is 21.9. The molecule has 0 aliphatic rings. The lowest BCUT2D eigenvalue weighted by Gasteiger charge is -2.14. The highest BCUT2D eigenvalue weighted by Crippen LogP contribution is 2.30. The first-order chi connectivity index (χ1) is 15.8. The van der Waals surface area contributed by atoms with Gasteiger partial charge in [-0.3, -0.25) is 9.78 Å². The third-order valence-electron chi connectivity index (χ3n) is 4.68. The average Bonchev–Trinajstić information content (AvgIpc) is 3.27. The van der Waals surface area contributed by atoms with E-state index in [-0.39, 0.29) is 17.6 Å². The van der Waals surface area contributed by atoms with Crippen LogP contribution in [0.25, 0.3) is 16.4 Å². The van der Waals surface area contributed by atoms with Crippen LogP contribution in [0.2, 0.25) is 0 Å². The van der Waals surface area contributed by atoms with Crippen LogP contribution in [-0.4, -0.2) is 26.3 Å². The second-order valence-electron chi connectivity index (χ2n) is 6.95. The van der Waals surface area contributed by atoms with E-state index in [2.05, 4.69) is 30.9 Å². The molecule has 12 heteroatoms. The number of benzene rings is 1. The van der Waals surface area contributed by atoms with E-state index in [4.69, 9.17) is 4.52 Å². The fourth-order valence-corrected chi connectivity index (χ4v) is 2.95. The quantitative estimate of drug-likeness (QED) is 0.438. The van der Waals surface area contributed by atoms with E-state index in [1.54, 1.807) is 12.4 Å². The Morgan fingerprint density at radius 3 is 2.48 bits per heavy atom. The summed E-state index contributed by atoms with van der Waals surface area (Å²) in [6.07, 6.45) is 3.46. The topological polar surface area (TPSA) is 112 Å². The molecule has 1 aromatic carbocycles. The second kappa shape index (κ2) is 9.02. The molecule has 1 N–H and O–H groups in total. The molecule has 0 saturated carbocycles. The highest BCUT2D eigenvalue weighted by Gasteiger charge is 2.30. The molecule has 3 heterocycles. The number of hydrogen-bond acceptors (Lipinski definition) is 6. The smallest absolute Gasteiger partial charge is 0.417 e. The minimum absolute atomic E-state index is 0.114. The van der Waals surface area contributed by atoms with E-state index in [9.17, 15) is 18.0 Å². The van der Waals surface area contributed by atoms with Crippen molar-refractivity contribution in [2.75, 3.05) is 5.32 Å². The van der Waals surface area contributed by atoms with Crippen LogP contribution in [0.4, 0.5) is 29.5 Å². The number of alkyl halides is 3. The summed E-state index contributed by atoms with van der Waals surface area (Å²) in [4.78, 5) is 23.5. The normalized spacial score (nSPS) is 12.2. The van der Waals surface area contributed by atoms with Crippen molar-refractivity contribution in [3.8, 4) is 11.1 Å². The summed E-state index contributed by atoms with van der Waals surface area (Å²) in [7, 11) is 0. The number of nitrogens with one attached hydrogen (secondary N) is 1. The molecule has 0 radical (unpaired) electrons. The van der Waals surface area contributed by atoms with Crippen LogP contribution >= 0.6 is 0 Å². The van der Waals surface area contributed by atoms with E-state index >= 15 is 0 Å². The predicted molar refractivity (Wildman–Crippen MR) is 109 cm³/mol. The Hall–Kier alpha value is -4.35. The number of carbonyl (C=O) groups is 1. The van der Waals surface area contributed by atoms with Crippen LogP contribution in [0.5, 0.6) is 0 Å². The number of carbonyl (C=O) groups excluding carboxylic acids is 1. The third-order valence-corrected chi connectivity index (χ3v) is 4.68. The molecule has 1 atom stereocenters. The van der Waals surface area contributed by atoms with Gasteiger partial charge in [0.05, 0.1) is 5.56 Å². The van der Waals surface area contributed by atoms with Crippen LogP contribution in [0, 0.1) is 0 Å². The SMILES string of the molecule is C[C@@H](c1ccc(-c2cncnc2)cc1)[n+]1cc([N-]C(=O)Nc2cncc(C(F)(F)F)c2)on1. The number of amides is 2. The molecular weight excluding hydrogens is 439 g/mol. The van der Waals surface area contributed by atoms with Crippen LogP contribution in [-0.2, 0) is 6.18 Å². The van der Waals surface area contributed by atoms with E-state index in [1.165, 1.54) is 17.2 Å². The lowest BCUT2D eigenvalue weighted by atomic mass is 10.0. The van der Waals surface area contributed by atoms with E-state index in [0.717, 1.165) is 29.0 Å². The van der Waals surface area contributed by atoms with Gasteiger partial charge in [-0.2, -0.15) is 13.2 Å². The highest BCUT2D eigenvalue weighted by molar-refractivity contribution is 6.03. The minimum atomic E-state index is -4.58. The van der Waals surface area contributed by atoms with E-state index < -0.39 is 17.8 Å². The van der Waals surface area contributed by atoms with Gasteiger partial charge in [-0.15, -0.1) is 0 Å². The Balaban J connectivity index is 1.40. The first-order valence-corrected chi connectivity index (χ1v) is 9.58. The van der Waals surface area contributed by atoms with E-state index in [0.29, 0.717) is 6.20 Å². The number of aromatic nitrogens is 5. The third kappa shape index (κ3) is 5.29. The molecule has 0 spiro atoms. The van der Waals surface area contributed by atoms with Gasteiger partial charge in [0.25, 0.3) is 0 Å². The lowest BCUT2D eigenvalue weighted by Crippen LogP contribution is -2.39. The molecule has 9 nitrogen and oxygen atoms in total. The zero-order valence-corrected chi connectivity index (χ0v) is 17.1. The maximum atomic E-state index is 12.8. The van der Waals surface area contributed by atoms with Gasteiger partial charge < -0.3 is 15.2 Å². The maximum Gasteiger partial charge on any atom is 0.417 e. The summed E-state index contributed by atoms with van der Waals surface area (Å²) in [5.41, 5.74) is 1.61. The number of anilines is 1. The Labute approximate surface area is 185 Å². The van der Waals surface area contributed by atoms with Crippen molar-refractivity contribution in [2.45, 2.75) is 19.1 Å². The largest absolute Gasteiger partial charge is 0.423 e. The Morgan fingerprint density at radius 2 is 1.79 bits per heavy atom. The van der Waals surface area contributed by atoms with Crippen LogP contribution in [0.15, 0.2) is 72.2 Å². The van der Waals surface area contributed by atoms with Gasteiger partial charge in [0.15, 0.2) is 11.3 Å². The summed E-state index contributed by atoms with van der Waals surface area (Å²) in [6, 6.07) is 7.27. The number of rotatable bonds is 5. The Kier molecular flexibility index (Phi) is 5.98. The summed E-state index contributed by atoms with van der Waals surface area (Å²) in [5, 5.41) is 9.76. The molecule has 0 unspecified atom stereocenters. The zero-order chi connectivity index (χ0) is 23.4. The molecule has 2 amide bonds. The minimum Gasteiger partial charge on any atom is -0.423 e. The number of pyridine rings is 1. The molecule has 0 bridgehead atoms. The number of halogens is 3. The van der Waals surface area contributed by atoms with Gasteiger partial charge >= 0.3 is 6.18 Å². The molecule has 0 aliphatic carbocycles. The van der Waals surface area contributed by atoms with Gasteiger partial charge in [-0.1, -0.05) is 24.3 Å². The molecular formula is C21H16F3N7O2. The molecule has 0 saturated heterocycles. The fraction of sp³-hybridized carbons (Fsp3) is 0.143. The van der Waals surface area contributed by atoms with E-state index in [1.807, 2.05) is 31.2 Å². The zero-order valence-electron chi connectivity index (χ0n) is 17.1. The standard InChI is InChI=1S/C21H16F3N7O2/c1-13(14-2-4-15(5-3-14)16-7-26-12-27-8-16)31-11-19(33-30-31)29-20(32)28-18-6-17(9-25-10-18)21(22,23)24/h2-13H,1H3,(H-,28,29,30,32)/t13-/m0/s1. The first-order valence-electron chi connectivity index (χ1n) is 9.58. The van der Waals surface area contributed by atoms with Crippen molar-refractivity contribution < 1.29 is 27.2 Å². The van der Waals surface area contributed by atoms with Crippen molar-refractivity contribution >= 4 is 17.6 Å². The number of nitrogens with zero attached hydrogens (tertiary/aromatic N) is 6. The van der Waals surface area contributed by atoms with Crippen molar-refractivity contribution in [2.24, 2.45) is 0 Å². The predicted octanol–water partition coefficient (Wildman–Crippen LogP) is 4.68. The molecule has 0 aliphatic heterocycles.